The number of anilines is 1. The molecule has 0 spiro atoms. The molecule has 1 fully saturated rings. The number of hydrogen-bond acceptors (Lipinski definition) is 5. The van der Waals surface area contributed by atoms with Gasteiger partial charge in [0.15, 0.2) is 11.5 Å². The van der Waals surface area contributed by atoms with Crippen molar-refractivity contribution in [3.63, 3.8) is 0 Å². The summed E-state index contributed by atoms with van der Waals surface area (Å²) < 4.78 is 33.1. The zero-order valence-electron chi connectivity index (χ0n) is 12.8. The molecule has 22 heavy (non-hydrogen) atoms. The predicted octanol–water partition coefficient (Wildman–Crippen LogP) is 1.86. The molecule has 1 aliphatic rings. The number of hydrogen-bond donors (Lipinski definition) is 1. The van der Waals surface area contributed by atoms with E-state index in [0.29, 0.717) is 36.4 Å². The third kappa shape index (κ3) is 4.37. The van der Waals surface area contributed by atoms with Crippen LogP contribution in [0.1, 0.15) is 19.3 Å². The first kappa shape index (κ1) is 16.6. The number of benzene rings is 1. The second-order valence-electron chi connectivity index (χ2n) is 5.42. The first-order valence-corrected chi connectivity index (χ1v) is 8.98. The zero-order chi connectivity index (χ0) is 16.2. The normalized spacial score (nSPS) is 17.7. The molecule has 0 aliphatic carbocycles. The van der Waals surface area contributed by atoms with Gasteiger partial charge in [-0.25, -0.2) is 8.42 Å². The minimum atomic E-state index is -2.89. The Morgan fingerprint density at radius 1 is 1.18 bits per heavy atom. The smallest absolute Gasteiger partial charge is 0.224 e. The van der Waals surface area contributed by atoms with Crippen molar-refractivity contribution in [2.24, 2.45) is 5.92 Å². The highest BCUT2D eigenvalue weighted by Gasteiger charge is 2.25. The summed E-state index contributed by atoms with van der Waals surface area (Å²) in [4.78, 5) is 12.1. The van der Waals surface area contributed by atoms with Gasteiger partial charge in [-0.2, -0.15) is 0 Å². The Labute approximate surface area is 130 Å². The number of nitrogens with one attached hydrogen (secondary N) is 1. The average Bonchev–Trinajstić information content (AvgIpc) is 2.49. The maximum absolute atomic E-state index is 12.1. The predicted molar refractivity (Wildman–Crippen MR) is 84.2 cm³/mol. The van der Waals surface area contributed by atoms with Crippen LogP contribution in [0, 0.1) is 5.92 Å². The summed E-state index contributed by atoms with van der Waals surface area (Å²) in [5.74, 6) is 1.52. The van der Waals surface area contributed by atoms with Crippen molar-refractivity contribution in [1.29, 1.82) is 0 Å². The van der Waals surface area contributed by atoms with E-state index in [1.54, 1.807) is 25.3 Å². The van der Waals surface area contributed by atoms with Gasteiger partial charge in [-0.3, -0.25) is 4.79 Å². The van der Waals surface area contributed by atoms with Gasteiger partial charge < -0.3 is 14.8 Å². The van der Waals surface area contributed by atoms with Crippen LogP contribution in [0.4, 0.5) is 5.69 Å². The van der Waals surface area contributed by atoms with E-state index in [9.17, 15) is 13.2 Å². The number of rotatable bonds is 5. The first-order chi connectivity index (χ1) is 10.4. The summed E-state index contributed by atoms with van der Waals surface area (Å²) in [6.07, 6.45) is 1.45. The molecular weight excluding hydrogens is 306 g/mol. The Kier molecular flexibility index (Phi) is 5.28. The standard InChI is InChI=1S/C15H21NO5S/c1-20-13-4-3-12(10-14(13)21-2)16-15(17)9-11-5-7-22(18,19)8-6-11/h3-4,10-11H,5-9H2,1-2H3,(H,16,17). The lowest BCUT2D eigenvalue weighted by atomic mass is 9.98. The van der Waals surface area contributed by atoms with Crippen LogP contribution < -0.4 is 14.8 Å². The summed E-state index contributed by atoms with van der Waals surface area (Å²) in [7, 11) is 0.193. The Morgan fingerprint density at radius 3 is 2.41 bits per heavy atom. The molecule has 1 aliphatic heterocycles. The van der Waals surface area contributed by atoms with Crippen LogP contribution in [0.3, 0.4) is 0 Å². The number of amides is 1. The van der Waals surface area contributed by atoms with Crippen LogP contribution in [0.2, 0.25) is 0 Å². The number of methoxy groups -OCH3 is 2. The van der Waals surface area contributed by atoms with Crippen LogP contribution in [-0.2, 0) is 14.6 Å². The molecule has 1 aromatic rings. The van der Waals surface area contributed by atoms with Gasteiger partial charge in [0.1, 0.15) is 9.84 Å². The van der Waals surface area contributed by atoms with E-state index in [0.717, 1.165) is 0 Å². The van der Waals surface area contributed by atoms with Gasteiger partial charge in [0.05, 0.1) is 25.7 Å². The van der Waals surface area contributed by atoms with E-state index in [2.05, 4.69) is 5.32 Å². The zero-order valence-corrected chi connectivity index (χ0v) is 13.6. The number of sulfone groups is 1. The molecule has 0 atom stereocenters. The molecule has 2 rings (SSSR count). The molecule has 7 heteroatoms. The molecule has 0 aromatic heterocycles. The van der Waals surface area contributed by atoms with E-state index in [1.165, 1.54) is 7.11 Å². The maximum atomic E-state index is 12.1. The molecule has 1 aromatic carbocycles. The van der Waals surface area contributed by atoms with E-state index in [-0.39, 0.29) is 23.3 Å². The van der Waals surface area contributed by atoms with E-state index < -0.39 is 9.84 Å². The quantitative estimate of drug-likeness (QED) is 0.892. The van der Waals surface area contributed by atoms with Gasteiger partial charge in [0.25, 0.3) is 0 Å². The molecule has 0 radical (unpaired) electrons. The van der Waals surface area contributed by atoms with Crippen molar-refractivity contribution < 1.29 is 22.7 Å². The lowest BCUT2D eigenvalue weighted by molar-refractivity contribution is -0.117. The first-order valence-electron chi connectivity index (χ1n) is 7.16. The molecule has 6 nitrogen and oxygen atoms in total. The Morgan fingerprint density at radius 2 is 1.82 bits per heavy atom. The number of carbonyl (C=O) groups excluding carboxylic acids is 1. The van der Waals surface area contributed by atoms with Crippen molar-refractivity contribution in [3.8, 4) is 11.5 Å². The van der Waals surface area contributed by atoms with Crippen molar-refractivity contribution >= 4 is 21.4 Å². The van der Waals surface area contributed by atoms with Crippen molar-refractivity contribution in [1.82, 2.24) is 0 Å². The van der Waals surface area contributed by atoms with Gasteiger partial charge in [-0.05, 0) is 30.9 Å². The molecule has 0 saturated carbocycles. The molecule has 1 amide bonds. The fraction of sp³-hybridized carbons (Fsp3) is 0.533. The number of ether oxygens (including phenoxy) is 2. The van der Waals surface area contributed by atoms with Gasteiger partial charge in [0, 0.05) is 18.2 Å². The van der Waals surface area contributed by atoms with Crippen LogP contribution in [0.15, 0.2) is 18.2 Å². The lowest BCUT2D eigenvalue weighted by Gasteiger charge is -2.21. The van der Waals surface area contributed by atoms with Crippen molar-refractivity contribution in [2.75, 3.05) is 31.0 Å². The second kappa shape index (κ2) is 7.00. The molecule has 1 saturated heterocycles. The summed E-state index contributed by atoms with van der Waals surface area (Å²) in [6, 6.07) is 5.16. The van der Waals surface area contributed by atoms with Gasteiger partial charge in [0.2, 0.25) is 5.91 Å². The average molecular weight is 327 g/mol. The fourth-order valence-corrected chi connectivity index (χ4v) is 4.12. The third-order valence-corrected chi connectivity index (χ3v) is 5.53. The van der Waals surface area contributed by atoms with Crippen molar-refractivity contribution in [3.05, 3.63) is 18.2 Å². The minimum Gasteiger partial charge on any atom is -0.493 e. The SMILES string of the molecule is COc1ccc(NC(=O)CC2CCS(=O)(=O)CC2)cc1OC. The second-order valence-corrected chi connectivity index (χ2v) is 7.72. The molecule has 1 heterocycles. The third-order valence-electron chi connectivity index (χ3n) is 3.82. The fourth-order valence-electron chi connectivity index (χ4n) is 2.53. The summed E-state index contributed by atoms with van der Waals surface area (Å²) >= 11 is 0. The molecular formula is C15H21NO5S. The summed E-state index contributed by atoms with van der Waals surface area (Å²) in [5, 5.41) is 2.81. The maximum Gasteiger partial charge on any atom is 0.224 e. The van der Waals surface area contributed by atoms with Crippen LogP contribution in [0.25, 0.3) is 0 Å². The molecule has 0 bridgehead atoms. The Hall–Kier alpha value is -1.76. The highest BCUT2D eigenvalue weighted by molar-refractivity contribution is 7.91. The Bertz CT molecular complexity index is 627. The highest BCUT2D eigenvalue weighted by Crippen LogP contribution is 2.30. The van der Waals surface area contributed by atoms with Crippen LogP contribution in [0.5, 0.6) is 11.5 Å². The largest absolute Gasteiger partial charge is 0.493 e. The topological polar surface area (TPSA) is 81.7 Å². The monoisotopic (exact) mass is 327 g/mol. The minimum absolute atomic E-state index is 0.114. The lowest BCUT2D eigenvalue weighted by Crippen LogP contribution is -2.26. The molecule has 122 valence electrons. The van der Waals surface area contributed by atoms with E-state index in [1.807, 2.05) is 0 Å². The molecule has 0 unspecified atom stereocenters. The van der Waals surface area contributed by atoms with Gasteiger partial charge >= 0.3 is 0 Å². The van der Waals surface area contributed by atoms with Crippen LogP contribution in [-0.4, -0.2) is 40.1 Å². The summed E-state index contributed by atoms with van der Waals surface area (Å²) in [6.45, 7) is 0. The summed E-state index contributed by atoms with van der Waals surface area (Å²) in [5.41, 5.74) is 0.631. The molecule has 1 N–H and O–H groups in total. The van der Waals surface area contributed by atoms with Gasteiger partial charge in [-0.1, -0.05) is 0 Å². The van der Waals surface area contributed by atoms with E-state index in [4.69, 9.17) is 9.47 Å². The van der Waals surface area contributed by atoms with Crippen LogP contribution >= 0.6 is 0 Å². The Balaban J connectivity index is 1.92. The van der Waals surface area contributed by atoms with E-state index >= 15 is 0 Å². The number of carbonyl (C=O) groups is 1. The highest BCUT2D eigenvalue weighted by atomic mass is 32.2. The van der Waals surface area contributed by atoms with Gasteiger partial charge in [-0.15, -0.1) is 0 Å². The van der Waals surface area contributed by atoms with Crippen molar-refractivity contribution in [2.45, 2.75) is 19.3 Å².